The molecule has 146 valence electrons. The molecule has 1 atom stereocenters. The fraction of sp³-hybridized carbons (Fsp3) is 0.286. The van der Waals surface area contributed by atoms with E-state index in [1.165, 1.54) is 6.07 Å². The van der Waals surface area contributed by atoms with Crippen LogP contribution in [0.25, 0.3) is 11.3 Å². The Morgan fingerprint density at radius 1 is 1.10 bits per heavy atom. The summed E-state index contributed by atoms with van der Waals surface area (Å²) >= 11 is 0. The molecule has 0 fully saturated rings. The number of nitrogens with zero attached hydrogens (tertiary/aromatic N) is 5. The number of hydrogen-bond donors (Lipinski definition) is 0. The van der Waals surface area contributed by atoms with Crippen LogP contribution in [0.5, 0.6) is 11.5 Å². The van der Waals surface area contributed by atoms with Crippen molar-refractivity contribution >= 4 is 5.65 Å². The highest BCUT2D eigenvalue weighted by molar-refractivity contribution is 5.63. The summed E-state index contributed by atoms with van der Waals surface area (Å²) in [5, 5.41) is 8.42. The molecule has 0 amide bonds. The molecule has 5 heterocycles. The highest BCUT2D eigenvalue weighted by Gasteiger charge is 2.31. The molecule has 2 aliphatic rings. The Morgan fingerprint density at radius 2 is 1.97 bits per heavy atom. The van der Waals surface area contributed by atoms with Crippen molar-refractivity contribution in [3.05, 3.63) is 65.4 Å². The van der Waals surface area contributed by atoms with Gasteiger partial charge in [0.2, 0.25) is 0 Å². The van der Waals surface area contributed by atoms with Crippen LogP contribution in [0.2, 0.25) is 0 Å². The van der Waals surface area contributed by atoms with Crippen LogP contribution >= 0.6 is 0 Å². The largest absolute Gasteiger partial charge is 0.493 e. The smallest absolute Gasteiger partial charge is 0.185 e. The summed E-state index contributed by atoms with van der Waals surface area (Å²) in [4.78, 5) is 4.32. The van der Waals surface area contributed by atoms with Crippen molar-refractivity contribution in [1.29, 1.82) is 0 Å². The Kier molecular flexibility index (Phi) is 3.44. The molecule has 0 saturated heterocycles. The fourth-order valence-electron chi connectivity index (χ4n) is 4.39. The van der Waals surface area contributed by atoms with Gasteiger partial charge in [-0.2, -0.15) is 0 Å². The van der Waals surface area contributed by atoms with E-state index in [9.17, 15) is 4.39 Å². The third-order valence-corrected chi connectivity index (χ3v) is 5.77. The number of halogens is 1. The zero-order chi connectivity index (χ0) is 19.5. The zero-order valence-corrected chi connectivity index (χ0v) is 15.8. The van der Waals surface area contributed by atoms with Crippen molar-refractivity contribution < 1.29 is 13.9 Å². The lowest BCUT2D eigenvalue weighted by Gasteiger charge is -2.16. The average Bonchev–Trinajstić information content (AvgIpc) is 3.45. The molecule has 0 radical (unpaired) electrons. The second kappa shape index (κ2) is 6.04. The van der Waals surface area contributed by atoms with Crippen molar-refractivity contribution in [2.75, 3.05) is 13.2 Å². The van der Waals surface area contributed by atoms with Gasteiger partial charge in [0.25, 0.3) is 0 Å². The Balaban J connectivity index is 1.52. The van der Waals surface area contributed by atoms with Crippen LogP contribution in [0, 0.1) is 12.7 Å². The number of fused-ring (bicyclic) bond motifs is 3. The molecule has 0 unspecified atom stereocenters. The molecule has 0 saturated carbocycles. The van der Waals surface area contributed by atoms with Gasteiger partial charge < -0.3 is 14.0 Å². The minimum atomic E-state index is -0.187. The Morgan fingerprint density at radius 3 is 2.79 bits per heavy atom. The fourth-order valence-corrected chi connectivity index (χ4v) is 4.39. The molecule has 0 bridgehead atoms. The Hall–Kier alpha value is -3.42. The third-order valence-electron chi connectivity index (χ3n) is 5.77. The van der Waals surface area contributed by atoms with Crippen LogP contribution in [0.15, 0.2) is 37.1 Å². The number of benzene rings is 1. The van der Waals surface area contributed by atoms with Gasteiger partial charge in [-0.15, -0.1) is 10.2 Å². The first kappa shape index (κ1) is 16.5. The van der Waals surface area contributed by atoms with Crippen molar-refractivity contribution in [3.63, 3.8) is 0 Å². The summed E-state index contributed by atoms with van der Waals surface area (Å²) in [5.74, 6) is 1.34. The molecule has 4 aromatic rings. The molecule has 1 aromatic carbocycles. The molecule has 3 aromatic heterocycles. The lowest BCUT2D eigenvalue weighted by molar-refractivity contribution is 0.246. The number of rotatable bonds is 1. The maximum atomic E-state index is 14.7. The topological polar surface area (TPSA) is 66.5 Å². The number of aryl methyl sites for hydroxylation is 2. The minimum Gasteiger partial charge on any atom is -0.493 e. The van der Waals surface area contributed by atoms with Crippen LogP contribution < -0.4 is 9.47 Å². The number of ether oxygens (including phenoxy) is 2. The van der Waals surface area contributed by atoms with E-state index in [1.807, 2.05) is 28.2 Å². The molecular weight excluding hydrogens is 373 g/mol. The van der Waals surface area contributed by atoms with Gasteiger partial charge in [-0.25, -0.2) is 9.37 Å². The standard InChI is InChI=1S/C21H18FN5O2/c1-12-7-26(10-23-12)17-6-19-16(27-11-24-25-21(17)27)4-2-14-15(22)3-5-18-20(14)13(8-28-18)9-29-19/h3,5-7,10-11,13H,2,4,8-9H2,1H3/t13-/m1/s1. The molecule has 2 aliphatic heterocycles. The maximum Gasteiger partial charge on any atom is 0.185 e. The van der Waals surface area contributed by atoms with E-state index in [4.69, 9.17) is 9.47 Å². The van der Waals surface area contributed by atoms with Crippen molar-refractivity contribution in [2.45, 2.75) is 25.7 Å². The van der Waals surface area contributed by atoms with Gasteiger partial charge in [0.05, 0.1) is 42.5 Å². The number of hydrogen-bond acceptors (Lipinski definition) is 5. The molecule has 8 heteroatoms. The van der Waals surface area contributed by atoms with Crippen molar-refractivity contribution in [3.8, 4) is 17.2 Å². The SMILES string of the molecule is Cc1cn(-c2cc3c(n4cnnc24)CCc2c(F)ccc4c2[C@H](CO4)CO3)cn1. The number of aromatic nitrogens is 5. The molecule has 0 spiro atoms. The molecule has 0 aliphatic carbocycles. The number of pyridine rings is 1. The van der Waals surface area contributed by atoms with Gasteiger partial charge in [0, 0.05) is 17.8 Å². The van der Waals surface area contributed by atoms with Gasteiger partial charge in [-0.05, 0) is 37.5 Å². The average molecular weight is 391 g/mol. The van der Waals surface area contributed by atoms with Gasteiger partial charge in [0.15, 0.2) is 5.65 Å². The summed E-state index contributed by atoms with van der Waals surface area (Å²) in [7, 11) is 0. The van der Waals surface area contributed by atoms with Gasteiger partial charge in [-0.1, -0.05) is 0 Å². The van der Waals surface area contributed by atoms with Crippen LogP contribution in [0.4, 0.5) is 4.39 Å². The Labute approximate surface area is 165 Å². The highest BCUT2D eigenvalue weighted by atomic mass is 19.1. The molecule has 29 heavy (non-hydrogen) atoms. The minimum absolute atomic E-state index is 0.0113. The van der Waals surface area contributed by atoms with Gasteiger partial charge in [0.1, 0.15) is 23.6 Å². The first-order chi connectivity index (χ1) is 14.2. The van der Waals surface area contributed by atoms with Crippen LogP contribution in [-0.4, -0.2) is 37.4 Å². The highest BCUT2D eigenvalue weighted by Crippen LogP contribution is 2.40. The van der Waals surface area contributed by atoms with E-state index in [-0.39, 0.29) is 11.7 Å². The van der Waals surface area contributed by atoms with E-state index in [0.717, 1.165) is 39.7 Å². The van der Waals surface area contributed by atoms with Gasteiger partial charge >= 0.3 is 0 Å². The monoisotopic (exact) mass is 391 g/mol. The van der Waals surface area contributed by atoms with E-state index in [1.54, 1.807) is 18.7 Å². The van der Waals surface area contributed by atoms with E-state index < -0.39 is 0 Å². The van der Waals surface area contributed by atoms with Crippen molar-refractivity contribution in [2.24, 2.45) is 0 Å². The lowest BCUT2D eigenvalue weighted by atomic mass is 9.93. The summed E-state index contributed by atoms with van der Waals surface area (Å²) in [5.41, 5.74) is 5.07. The van der Waals surface area contributed by atoms with Gasteiger partial charge in [-0.3, -0.25) is 4.40 Å². The predicted molar refractivity (Wildman–Crippen MR) is 102 cm³/mol. The maximum absolute atomic E-state index is 14.7. The van der Waals surface area contributed by atoms with Crippen molar-refractivity contribution in [1.82, 2.24) is 24.1 Å². The summed E-state index contributed by atoms with van der Waals surface area (Å²) < 4.78 is 30.6. The lowest BCUT2D eigenvalue weighted by Crippen LogP contribution is -2.13. The summed E-state index contributed by atoms with van der Waals surface area (Å²) in [6.07, 6.45) is 6.54. The summed E-state index contributed by atoms with van der Waals surface area (Å²) in [6.45, 7) is 2.87. The van der Waals surface area contributed by atoms with E-state index in [2.05, 4.69) is 15.2 Å². The van der Waals surface area contributed by atoms with Crippen LogP contribution in [-0.2, 0) is 12.8 Å². The summed E-state index contributed by atoms with van der Waals surface area (Å²) in [6, 6.07) is 5.19. The van der Waals surface area contributed by atoms with Crippen LogP contribution in [0.3, 0.4) is 0 Å². The first-order valence-electron chi connectivity index (χ1n) is 9.62. The van der Waals surface area contributed by atoms with Crippen LogP contribution in [0.1, 0.15) is 28.4 Å². The molecular formula is C21H18FN5O2. The Bertz CT molecular complexity index is 1260. The normalized spacial score (nSPS) is 17.7. The predicted octanol–water partition coefficient (Wildman–Crippen LogP) is 3.02. The second-order valence-electron chi connectivity index (χ2n) is 7.54. The quantitative estimate of drug-likeness (QED) is 0.499. The molecule has 6 rings (SSSR count). The third kappa shape index (κ3) is 2.45. The van der Waals surface area contributed by atoms with E-state index >= 15 is 0 Å². The molecule has 7 nitrogen and oxygen atoms in total. The second-order valence-corrected chi connectivity index (χ2v) is 7.54. The number of imidazole rings is 1. The zero-order valence-electron chi connectivity index (χ0n) is 15.8. The first-order valence-corrected chi connectivity index (χ1v) is 9.62. The molecule has 0 N–H and O–H groups in total. The van der Waals surface area contributed by atoms with E-state index in [0.29, 0.717) is 31.7 Å².